The Hall–Kier alpha value is 0.470. The molecule has 0 nitrogen and oxygen atoms in total. The van der Waals surface area contributed by atoms with E-state index in [4.69, 9.17) is 11.6 Å². The van der Waals surface area contributed by atoms with Crippen molar-refractivity contribution in [2.24, 2.45) is 0 Å². The molecule has 0 radical (unpaired) electrons. The molecule has 0 aromatic heterocycles. The second kappa shape index (κ2) is 4.48. The fourth-order valence-electron chi connectivity index (χ4n) is 0.866. The van der Waals surface area contributed by atoms with E-state index >= 15 is 0 Å². The molecule has 1 aromatic carbocycles. The fourth-order valence-corrected chi connectivity index (χ4v) is 2.45. The van der Waals surface area contributed by atoms with Gasteiger partial charge in [-0.3, -0.25) is 0 Å². The van der Waals surface area contributed by atoms with Gasteiger partial charge >= 0.3 is 0 Å². The fraction of sp³-hybridized carbons (Fsp3) is 0.250. The van der Waals surface area contributed by atoms with Gasteiger partial charge < -0.3 is 0 Å². The van der Waals surface area contributed by atoms with Gasteiger partial charge in [0.2, 0.25) is 0 Å². The van der Waals surface area contributed by atoms with Crippen molar-refractivity contribution in [2.75, 3.05) is 5.88 Å². The van der Waals surface area contributed by atoms with Crippen molar-refractivity contribution < 1.29 is 0 Å². The Kier molecular flexibility index (Phi) is 3.90. The Balaban J connectivity index is 3.00. The predicted molar refractivity (Wildman–Crippen MR) is 56.3 cm³/mol. The van der Waals surface area contributed by atoms with Gasteiger partial charge in [0.25, 0.3) is 0 Å². The Bertz CT molecular complexity index is 228. The van der Waals surface area contributed by atoms with Gasteiger partial charge in [-0.05, 0) is 24.1 Å². The van der Waals surface area contributed by atoms with Crippen molar-refractivity contribution >= 4 is 43.5 Å². The Morgan fingerprint density at radius 1 is 1.18 bits per heavy atom. The van der Waals surface area contributed by atoms with Gasteiger partial charge in [0.15, 0.2) is 0 Å². The molecule has 11 heavy (non-hydrogen) atoms. The highest BCUT2D eigenvalue weighted by molar-refractivity contribution is 9.11. The maximum absolute atomic E-state index is 5.64. The van der Waals surface area contributed by atoms with Crippen molar-refractivity contribution in [3.8, 4) is 0 Å². The minimum Gasteiger partial charge on any atom is -0.126 e. The summed E-state index contributed by atoms with van der Waals surface area (Å²) in [6, 6.07) is 6.03. The van der Waals surface area contributed by atoms with E-state index in [0.717, 1.165) is 15.4 Å². The zero-order chi connectivity index (χ0) is 8.27. The first kappa shape index (κ1) is 9.56. The van der Waals surface area contributed by atoms with Gasteiger partial charge in [0, 0.05) is 14.8 Å². The molecule has 0 saturated heterocycles. The number of alkyl halides is 1. The molecular formula is C8H7Br2Cl. The number of hydrogen-bond acceptors (Lipinski definition) is 0. The highest BCUT2D eigenvalue weighted by atomic mass is 79.9. The third kappa shape index (κ3) is 2.46. The molecule has 60 valence electrons. The van der Waals surface area contributed by atoms with Crippen LogP contribution in [0.25, 0.3) is 0 Å². The molecule has 0 amide bonds. The summed E-state index contributed by atoms with van der Waals surface area (Å²) < 4.78 is 2.24. The summed E-state index contributed by atoms with van der Waals surface area (Å²) in [6.07, 6.45) is 0.892. The standard InChI is InChI=1S/C8H7Br2Cl/c9-7-2-1-3-8(10)6(7)4-5-11/h1-3H,4-5H2. The molecule has 0 fully saturated rings. The first-order valence-electron chi connectivity index (χ1n) is 3.24. The zero-order valence-corrected chi connectivity index (χ0v) is 9.71. The van der Waals surface area contributed by atoms with Crippen LogP contribution in [-0.2, 0) is 6.42 Å². The lowest BCUT2D eigenvalue weighted by Gasteiger charge is -2.03. The summed E-state index contributed by atoms with van der Waals surface area (Å²) in [5, 5.41) is 0. The van der Waals surface area contributed by atoms with E-state index in [9.17, 15) is 0 Å². The van der Waals surface area contributed by atoms with Crippen LogP contribution in [0.1, 0.15) is 5.56 Å². The van der Waals surface area contributed by atoms with Crippen LogP contribution in [0.5, 0.6) is 0 Å². The second-order valence-electron chi connectivity index (χ2n) is 2.14. The van der Waals surface area contributed by atoms with Gasteiger partial charge in [0.1, 0.15) is 0 Å². The van der Waals surface area contributed by atoms with Gasteiger partial charge in [-0.15, -0.1) is 11.6 Å². The van der Waals surface area contributed by atoms with Crippen LogP contribution in [0.4, 0.5) is 0 Å². The monoisotopic (exact) mass is 296 g/mol. The SMILES string of the molecule is ClCCc1c(Br)cccc1Br. The molecule has 0 aliphatic rings. The molecule has 0 aliphatic carbocycles. The lowest BCUT2D eigenvalue weighted by atomic mass is 10.2. The van der Waals surface area contributed by atoms with Crippen LogP contribution >= 0.6 is 43.5 Å². The third-order valence-corrected chi connectivity index (χ3v) is 3.08. The van der Waals surface area contributed by atoms with E-state index in [1.807, 2.05) is 18.2 Å². The van der Waals surface area contributed by atoms with Crippen LogP contribution in [0.3, 0.4) is 0 Å². The maximum Gasteiger partial charge on any atom is 0.0264 e. The highest BCUT2D eigenvalue weighted by Crippen LogP contribution is 2.25. The van der Waals surface area contributed by atoms with E-state index in [0.29, 0.717) is 5.88 Å². The number of hydrogen-bond donors (Lipinski definition) is 0. The molecule has 1 rings (SSSR count). The van der Waals surface area contributed by atoms with E-state index < -0.39 is 0 Å². The average Bonchev–Trinajstić information content (AvgIpc) is 1.97. The zero-order valence-electron chi connectivity index (χ0n) is 5.78. The summed E-state index contributed by atoms with van der Waals surface area (Å²) in [6.45, 7) is 0. The van der Waals surface area contributed by atoms with Crippen LogP contribution in [0.15, 0.2) is 27.1 Å². The number of benzene rings is 1. The molecule has 0 saturated carbocycles. The molecule has 0 N–H and O–H groups in total. The van der Waals surface area contributed by atoms with Crippen LogP contribution < -0.4 is 0 Å². The van der Waals surface area contributed by atoms with E-state index in [2.05, 4.69) is 31.9 Å². The van der Waals surface area contributed by atoms with Crippen molar-refractivity contribution in [2.45, 2.75) is 6.42 Å². The lowest BCUT2D eigenvalue weighted by molar-refractivity contribution is 1.12. The molecule has 0 unspecified atom stereocenters. The molecule has 0 spiro atoms. The largest absolute Gasteiger partial charge is 0.126 e. The topological polar surface area (TPSA) is 0 Å². The smallest absolute Gasteiger partial charge is 0.0264 e. The Morgan fingerprint density at radius 2 is 1.73 bits per heavy atom. The summed E-state index contributed by atoms with van der Waals surface area (Å²) in [4.78, 5) is 0. The minimum absolute atomic E-state index is 0.654. The van der Waals surface area contributed by atoms with Crippen molar-refractivity contribution in [1.29, 1.82) is 0 Å². The van der Waals surface area contributed by atoms with E-state index in [1.54, 1.807) is 0 Å². The Labute approximate surface area is 88.2 Å². The van der Waals surface area contributed by atoms with Crippen molar-refractivity contribution in [1.82, 2.24) is 0 Å². The van der Waals surface area contributed by atoms with Crippen molar-refractivity contribution in [3.63, 3.8) is 0 Å². The first-order chi connectivity index (χ1) is 5.25. The Morgan fingerprint density at radius 3 is 2.18 bits per heavy atom. The molecule has 0 heterocycles. The van der Waals surface area contributed by atoms with Crippen LogP contribution in [0.2, 0.25) is 0 Å². The molecular weight excluding hydrogens is 291 g/mol. The predicted octanol–water partition coefficient (Wildman–Crippen LogP) is 3.99. The first-order valence-corrected chi connectivity index (χ1v) is 5.36. The number of rotatable bonds is 2. The third-order valence-electron chi connectivity index (χ3n) is 1.41. The second-order valence-corrected chi connectivity index (χ2v) is 4.23. The van der Waals surface area contributed by atoms with E-state index in [1.165, 1.54) is 5.56 Å². The normalized spacial score (nSPS) is 10.1. The van der Waals surface area contributed by atoms with E-state index in [-0.39, 0.29) is 0 Å². The van der Waals surface area contributed by atoms with Crippen molar-refractivity contribution in [3.05, 3.63) is 32.7 Å². The lowest BCUT2D eigenvalue weighted by Crippen LogP contribution is -1.88. The van der Waals surface area contributed by atoms with Gasteiger partial charge in [-0.2, -0.15) is 0 Å². The molecule has 3 heteroatoms. The summed E-state index contributed by atoms with van der Waals surface area (Å²) in [7, 11) is 0. The summed E-state index contributed by atoms with van der Waals surface area (Å²) in [5.41, 5.74) is 1.24. The van der Waals surface area contributed by atoms with Crippen LogP contribution in [-0.4, -0.2) is 5.88 Å². The van der Waals surface area contributed by atoms with Crippen LogP contribution in [0, 0.1) is 0 Å². The highest BCUT2D eigenvalue weighted by Gasteiger charge is 2.02. The molecule has 0 aliphatic heterocycles. The molecule has 0 atom stereocenters. The maximum atomic E-state index is 5.64. The quantitative estimate of drug-likeness (QED) is 0.724. The molecule has 1 aromatic rings. The molecule has 0 bridgehead atoms. The van der Waals surface area contributed by atoms with Gasteiger partial charge in [-0.25, -0.2) is 0 Å². The summed E-state index contributed by atoms with van der Waals surface area (Å²) in [5.74, 6) is 0.654. The average molecular weight is 298 g/mol. The number of halogens is 3. The minimum atomic E-state index is 0.654. The van der Waals surface area contributed by atoms with Gasteiger partial charge in [-0.1, -0.05) is 37.9 Å². The van der Waals surface area contributed by atoms with Gasteiger partial charge in [0.05, 0.1) is 0 Å². The summed E-state index contributed by atoms with van der Waals surface area (Å²) >= 11 is 12.6.